The van der Waals surface area contributed by atoms with E-state index >= 15 is 0 Å². The summed E-state index contributed by atoms with van der Waals surface area (Å²) in [6.45, 7) is 4.22. The number of amides is 1. The van der Waals surface area contributed by atoms with Gasteiger partial charge < -0.3 is 14.6 Å². The molecule has 0 atom stereocenters. The van der Waals surface area contributed by atoms with Crippen LogP contribution < -0.4 is 5.32 Å². The standard InChI is InChI=1S/C19H23N3O4S/c1-15-3-6-17(26-15)7-10-19(23)20-16-4-8-18(9-5-16)27(24,25)22-13-11-21(2)12-14-22/h3-10H,11-14H2,1-2H3,(H,20,23)/b10-7+. The van der Waals surface area contributed by atoms with Crippen molar-refractivity contribution < 1.29 is 17.6 Å². The highest BCUT2D eigenvalue weighted by Crippen LogP contribution is 2.19. The van der Waals surface area contributed by atoms with Crippen molar-refractivity contribution >= 4 is 27.7 Å². The van der Waals surface area contributed by atoms with E-state index in [1.807, 2.05) is 20.0 Å². The number of carbonyl (C=O) groups excluding carboxylic acids is 1. The van der Waals surface area contributed by atoms with E-state index in [0.29, 0.717) is 24.5 Å². The van der Waals surface area contributed by atoms with Gasteiger partial charge in [-0.3, -0.25) is 4.79 Å². The molecule has 1 aromatic heterocycles. The van der Waals surface area contributed by atoms with Gasteiger partial charge >= 0.3 is 0 Å². The summed E-state index contributed by atoms with van der Waals surface area (Å²) < 4.78 is 32.2. The maximum Gasteiger partial charge on any atom is 0.248 e. The Morgan fingerprint density at radius 2 is 1.74 bits per heavy atom. The molecule has 1 aliphatic heterocycles. The van der Waals surface area contributed by atoms with Gasteiger partial charge in [-0.15, -0.1) is 0 Å². The lowest BCUT2D eigenvalue weighted by atomic mass is 10.3. The summed E-state index contributed by atoms with van der Waals surface area (Å²) in [5.41, 5.74) is 0.526. The van der Waals surface area contributed by atoms with Crippen LogP contribution in [-0.4, -0.2) is 56.8 Å². The summed E-state index contributed by atoms with van der Waals surface area (Å²) in [6.07, 6.45) is 2.95. The lowest BCUT2D eigenvalue weighted by Crippen LogP contribution is -2.46. The number of rotatable bonds is 5. The first-order valence-electron chi connectivity index (χ1n) is 8.69. The summed E-state index contributed by atoms with van der Waals surface area (Å²) in [5.74, 6) is 1.04. The Labute approximate surface area is 159 Å². The van der Waals surface area contributed by atoms with Crippen molar-refractivity contribution in [3.63, 3.8) is 0 Å². The van der Waals surface area contributed by atoms with E-state index in [-0.39, 0.29) is 10.8 Å². The Kier molecular flexibility index (Phi) is 5.79. The molecule has 0 radical (unpaired) electrons. The van der Waals surface area contributed by atoms with Crippen molar-refractivity contribution in [2.75, 3.05) is 38.5 Å². The molecule has 0 spiro atoms. The zero-order valence-corrected chi connectivity index (χ0v) is 16.2. The van der Waals surface area contributed by atoms with Crippen molar-refractivity contribution in [2.24, 2.45) is 0 Å². The molecule has 7 nitrogen and oxygen atoms in total. The lowest BCUT2D eigenvalue weighted by Gasteiger charge is -2.31. The van der Waals surface area contributed by atoms with Crippen LogP contribution >= 0.6 is 0 Å². The van der Waals surface area contributed by atoms with Crippen LogP contribution in [0.15, 0.2) is 51.8 Å². The molecule has 8 heteroatoms. The lowest BCUT2D eigenvalue weighted by molar-refractivity contribution is -0.111. The fraction of sp³-hybridized carbons (Fsp3) is 0.316. The van der Waals surface area contributed by atoms with Crippen LogP contribution in [0.4, 0.5) is 5.69 Å². The summed E-state index contributed by atoms with van der Waals surface area (Å²) in [6, 6.07) is 9.80. The number of hydrogen-bond acceptors (Lipinski definition) is 5. The minimum atomic E-state index is -3.51. The second kappa shape index (κ2) is 8.08. The third-order valence-electron chi connectivity index (χ3n) is 4.38. The normalized spacial score (nSPS) is 16.7. The molecule has 1 N–H and O–H groups in total. The van der Waals surface area contributed by atoms with Crippen molar-refractivity contribution in [1.82, 2.24) is 9.21 Å². The molecule has 27 heavy (non-hydrogen) atoms. The highest BCUT2D eigenvalue weighted by molar-refractivity contribution is 7.89. The molecule has 0 bridgehead atoms. The first kappa shape index (κ1) is 19.3. The number of benzene rings is 1. The molecule has 1 fully saturated rings. The summed E-state index contributed by atoms with van der Waals surface area (Å²) in [4.78, 5) is 14.3. The molecule has 144 valence electrons. The van der Waals surface area contributed by atoms with Gasteiger partial charge in [0.05, 0.1) is 4.90 Å². The van der Waals surface area contributed by atoms with E-state index < -0.39 is 10.0 Å². The third-order valence-corrected chi connectivity index (χ3v) is 6.29. The fourth-order valence-electron chi connectivity index (χ4n) is 2.77. The minimum Gasteiger partial charge on any atom is -0.462 e. The van der Waals surface area contributed by atoms with E-state index in [9.17, 15) is 13.2 Å². The Bertz CT molecular complexity index is 924. The number of piperazine rings is 1. The van der Waals surface area contributed by atoms with Gasteiger partial charge in [-0.1, -0.05) is 0 Å². The number of aryl methyl sites for hydroxylation is 1. The number of carbonyl (C=O) groups is 1. The predicted octanol–water partition coefficient (Wildman–Crippen LogP) is 2.18. The molecule has 0 aliphatic carbocycles. The number of anilines is 1. The zero-order chi connectivity index (χ0) is 19.4. The van der Waals surface area contributed by atoms with Crippen LogP contribution in [0.3, 0.4) is 0 Å². The average Bonchev–Trinajstić information content (AvgIpc) is 3.06. The topological polar surface area (TPSA) is 82.9 Å². The number of likely N-dealkylation sites (N-methyl/N-ethyl adjacent to an activating group) is 1. The first-order valence-corrected chi connectivity index (χ1v) is 10.1. The smallest absolute Gasteiger partial charge is 0.248 e. The van der Waals surface area contributed by atoms with Crippen LogP contribution in [0, 0.1) is 6.92 Å². The highest BCUT2D eigenvalue weighted by Gasteiger charge is 2.27. The quantitative estimate of drug-likeness (QED) is 0.793. The molecule has 1 aliphatic rings. The molecular weight excluding hydrogens is 366 g/mol. The molecule has 0 saturated carbocycles. The third kappa shape index (κ3) is 4.85. The number of hydrogen-bond donors (Lipinski definition) is 1. The largest absolute Gasteiger partial charge is 0.462 e. The summed E-state index contributed by atoms with van der Waals surface area (Å²) in [7, 11) is -1.53. The van der Waals surface area contributed by atoms with Gasteiger partial charge in [0, 0.05) is 37.9 Å². The Balaban J connectivity index is 1.62. The summed E-state index contributed by atoms with van der Waals surface area (Å²) in [5, 5.41) is 2.70. The van der Waals surface area contributed by atoms with E-state index in [4.69, 9.17) is 4.42 Å². The van der Waals surface area contributed by atoms with Crippen molar-refractivity contribution in [2.45, 2.75) is 11.8 Å². The van der Waals surface area contributed by atoms with Gasteiger partial charge in [0.2, 0.25) is 15.9 Å². The number of nitrogens with one attached hydrogen (secondary N) is 1. The van der Waals surface area contributed by atoms with Gasteiger partial charge in [0.1, 0.15) is 11.5 Å². The highest BCUT2D eigenvalue weighted by atomic mass is 32.2. The van der Waals surface area contributed by atoms with Gasteiger partial charge in [0.25, 0.3) is 0 Å². The number of nitrogens with zero attached hydrogens (tertiary/aromatic N) is 2. The maximum absolute atomic E-state index is 12.7. The SMILES string of the molecule is Cc1ccc(/C=C/C(=O)Nc2ccc(S(=O)(=O)N3CCN(C)CC3)cc2)o1. The molecule has 1 saturated heterocycles. The van der Waals surface area contributed by atoms with Gasteiger partial charge in [-0.2, -0.15) is 4.31 Å². The second-order valence-electron chi connectivity index (χ2n) is 6.50. The first-order chi connectivity index (χ1) is 12.8. The van der Waals surface area contributed by atoms with Crippen molar-refractivity contribution in [3.05, 3.63) is 54.0 Å². The Hall–Kier alpha value is -2.42. The second-order valence-corrected chi connectivity index (χ2v) is 8.44. The van der Waals surface area contributed by atoms with Gasteiger partial charge in [-0.05, 0) is 56.4 Å². The van der Waals surface area contributed by atoms with Crippen molar-refractivity contribution in [3.8, 4) is 0 Å². The Morgan fingerprint density at radius 3 is 2.33 bits per heavy atom. The van der Waals surface area contributed by atoms with Crippen LogP contribution in [0.25, 0.3) is 6.08 Å². The van der Waals surface area contributed by atoms with Crippen LogP contribution in [0.1, 0.15) is 11.5 Å². The maximum atomic E-state index is 12.7. The van der Waals surface area contributed by atoms with E-state index in [2.05, 4.69) is 10.2 Å². The monoisotopic (exact) mass is 389 g/mol. The van der Waals surface area contributed by atoms with E-state index in [1.165, 1.54) is 22.5 Å². The predicted molar refractivity (Wildman–Crippen MR) is 104 cm³/mol. The molecule has 3 rings (SSSR count). The zero-order valence-electron chi connectivity index (χ0n) is 15.4. The van der Waals surface area contributed by atoms with Crippen molar-refractivity contribution in [1.29, 1.82) is 0 Å². The number of sulfonamides is 1. The average molecular weight is 389 g/mol. The Morgan fingerprint density at radius 1 is 1.07 bits per heavy atom. The van der Waals surface area contributed by atoms with E-state index in [0.717, 1.165) is 18.8 Å². The number of furan rings is 1. The van der Waals surface area contributed by atoms with Crippen LogP contribution in [0.2, 0.25) is 0 Å². The molecule has 2 aromatic rings. The molecule has 1 aromatic carbocycles. The van der Waals surface area contributed by atoms with E-state index in [1.54, 1.807) is 24.3 Å². The summed E-state index contributed by atoms with van der Waals surface area (Å²) >= 11 is 0. The van der Waals surface area contributed by atoms with Gasteiger partial charge in [-0.25, -0.2) is 8.42 Å². The minimum absolute atomic E-state index is 0.228. The van der Waals surface area contributed by atoms with Gasteiger partial charge in [0.15, 0.2) is 0 Å². The molecule has 2 heterocycles. The van der Waals surface area contributed by atoms with Crippen LogP contribution in [0.5, 0.6) is 0 Å². The molecule has 1 amide bonds. The molecule has 0 unspecified atom stereocenters. The fourth-order valence-corrected chi connectivity index (χ4v) is 4.19. The van der Waals surface area contributed by atoms with Crippen LogP contribution in [-0.2, 0) is 14.8 Å². The molecular formula is C19H23N3O4S.